The average molecular weight is 397 g/mol. The number of fused-ring (bicyclic) bond motifs is 2. The van der Waals surface area contributed by atoms with Gasteiger partial charge in [-0.25, -0.2) is 9.97 Å². The Labute approximate surface area is 153 Å². The minimum absolute atomic E-state index is 0.104. The molecule has 0 bridgehead atoms. The van der Waals surface area contributed by atoms with E-state index in [1.165, 1.54) is 0 Å². The molecule has 1 aromatic carbocycles. The molecule has 0 saturated carbocycles. The smallest absolute Gasteiger partial charge is 0.282 e. The first-order chi connectivity index (χ1) is 12.0. The average Bonchev–Trinajstić information content (AvgIpc) is 3.11. The van der Waals surface area contributed by atoms with Crippen LogP contribution in [0, 0.1) is 13.8 Å². The van der Waals surface area contributed by atoms with E-state index >= 15 is 0 Å². The Morgan fingerprint density at radius 3 is 2.72 bits per heavy atom. The van der Waals surface area contributed by atoms with E-state index in [0.29, 0.717) is 17.9 Å². The first kappa shape index (κ1) is 16.0. The molecule has 0 N–H and O–H groups in total. The molecule has 5 nitrogen and oxygen atoms in total. The number of rotatable bonds is 2. The van der Waals surface area contributed by atoms with E-state index in [0.717, 1.165) is 32.4 Å². The van der Waals surface area contributed by atoms with Crippen LogP contribution in [-0.4, -0.2) is 24.8 Å². The van der Waals surface area contributed by atoms with Crippen molar-refractivity contribution in [2.75, 3.05) is 0 Å². The van der Waals surface area contributed by atoms with Crippen molar-refractivity contribution >= 4 is 38.5 Å². The summed E-state index contributed by atoms with van der Waals surface area (Å²) in [5, 5.41) is 0. The maximum absolute atomic E-state index is 13.5. The summed E-state index contributed by atoms with van der Waals surface area (Å²) in [4.78, 5) is 22.7. The number of hydrogen-bond donors (Lipinski definition) is 0. The zero-order valence-corrected chi connectivity index (χ0v) is 15.8. The van der Waals surface area contributed by atoms with Gasteiger partial charge in [-0.15, -0.1) is 0 Å². The first-order valence-corrected chi connectivity index (χ1v) is 8.96. The second-order valence-electron chi connectivity index (χ2n) is 6.08. The zero-order chi connectivity index (χ0) is 17.7. The molecule has 0 aliphatic heterocycles. The van der Waals surface area contributed by atoms with Crippen molar-refractivity contribution in [3.05, 3.63) is 63.8 Å². The number of hydrogen-bond acceptors (Lipinski definition) is 3. The molecule has 0 aliphatic carbocycles. The van der Waals surface area contributed by atoms with Crippen molar-refractivity contribution in [2.24, 2.45) is 0 Å². The van der Waals surface area contributed by atoms with Crippen LogP contribution in [0.25, 0.3) is 16.7 Å². The topological polar surface area (TPSA) is 52.2 Å². The molecule has 0 fully saturated rings. The lowest BCUT2D eigenvalue weighted by Gasteiger charge is -2.08. The van der Waals surface area contributed by atoms with E-state index in [9.17, 15) is 4.79 Å². The number of pyridine rings is 1. The summed E-state index contributed by atoms with van der Waals surface area (Å²) in [6, 6.07) is 9.69. The van der Waals surface area contributed by atoms with Gasteiger partial charge < -0.3 is 0 Å². The number of aryl methyl sites for hydroxylation is 3. The van der Waals surface area contributed by atoms with E-state index in [1.54, 1.807) is 4.57 Å². The molecule has 0 amide bonds. The fourth-order valence-electron chi connectivity index (χ4n) is 3.30. The number of carbonyl (C=O) groups excluding carboxylic acids is 1. The molecule has 0 spiro atoms. The molecular formula is C19H17BrN4O. The lowest BCUT2D eigenvalue weighted by Crippen LogP contribution is -2.17. The number of para-hydroxylation sites is 2. The monoisotopic (exact) mass is 396 g/mol. The number of aromatic nitrogens is 4. The van der Waals surface area contributed by atoms with Gasteiger partial charge in [0, 0.05) is 10.7 Å². The summed E-state index contributed by atoms with van der Waals surface area (Å²) in [7, 11) is 0. The van der Waals surface area contributed by atoms with Gasteiger partial charge in [0.25, 0.3) is 5.91 Å². The standard InChI is InChI=1S/C19H17BrN4O/c1-4-14-17(23-10-13(20)9-11(2)18(23)22-14)19(25)24-12(3)21-15-7-5-6-8-16(15)24/h5-10H,4H2,1-3H3. The maximum Gasteiger partial charge on any atom is 0.282 e. The van der Waals surface area contributed by atoms with Crippen LogP contribution < -0.4 is 0 Å². The molecule has 25 heavy (non-hydrogen) atoms. The quantitative estimate of drug-likeness (QED) is 0.507. The molecule has 0 radical (unpaired) electrons. The minimum atomic E-state index is -0.104. The highest BCUT2D eigenvalue weighted by atomic mass is 79.9. The van der Waals surface area contributed by atoms with E-state index in [1.807, 2.05) is 61.7 Å². The molecule has 6 heteroatoms. The largest absolute Gasteiger partial charge is 0.294 e. The van der Waals surface area contributed by atoms with E-state index < -0.39 is 0 Å². The fourth-order valence-corrected chi connectivity index (χ4v) is 3.85. The Balaban J connectivity index is 2.03. The third kappa shape index (κ3) is 2.40. The molecule has 4 rings (SSSR count). The summed E-state index contributed by atoms with van der Waals surface area (Å²) in [5.74, 6) is 0.572. The van der Waals surface area contributed by atoms with Crippen molar-refractivity contribution in [3.8, 4) is 0 Å². The molecule has 4 aromatic rings. The first-order valence-electron chi connectivity index (χ1n) is 8.17. The maximum atomic E-state index is 13.5. The van der Waals surface area contributed by atoms with Gasteiger partial charge in [-0.1, -0.05) is 19.1 Å². The predicted molar refractivity (Wildman–Crippen MR) is 101 cm³/mol. The van der Waals surface area contributed by atoms with Crippen LogP contribution >= 0.6 is 15.9 Å². The molecular weight excluding hydrogens is 380 g/mol. The highest BCUT2D eigenvalue weighted by Crippen LogP contribution is 2.24. The molecule has 0 unspecified atom stereocenters. The number of benzene rings is 1. The molecule has 3 aromatic heterocycles. The number of imidazole rings is 2. The van der Waals surface area contributed by atoms with Gasteiger partial charge in [0.15, 0.2) is 0 Å². The fraction of sp³-hybridized carbons (Fsp3) is 0.211. The zero-order valence-electron chi connectivity index (χ0n) is 14.2. The van der Waals surface area contributed by atoms with E-state index in [4.69, 9.17) is 4.98 Å². The van der Waals surface area contributed by atoms with Crippen LogP contribution in [0.4, 0.5) is 0 Å². The third-order valence-electron chi connectivity index (χ3n) is 4.41. The highest BCUT2D eigenvalue weighted by Gasteiger charge is 2.24. The Bertz CT molecular complexity index is 1140. The van der Waals surface area contributed by atoms with Gasteiger partial charge >= 0.3 is 0 Å². The Morgan fingerprint density at radius 2 is 1.96 bits per heavy atom. The van der Waals surface area contributed by atoms with Crippen LogP contribution in [-0.2, 0) is 6.42 Å². The van der Waals surface area contributed by atoms with Gasteiger partial charge in [0.1, 0.15) is 17.2 Å². The van der Waals surface area contributed by atoms with Crippen molar-refractivity contribution in [1.82, 2.24) is 18.9 Å². The molecule has 0 saturated heterocycles. The van der Waals surface area contributed by atoms with Crippen LogP contribution in [0.15, 0.2) is 41.0 Å². The molecule has 0 atom stereocenters. The normalized spacial score (nSPS) is 11.5. The van der Waals surface area contributed by atoms with Gasteiger partial charge in [-0.05, 0) is 60.0 Å². The van der Waals surface area contributed by atoms with Gasteiger partial charge in [-0.2, -0.15) is 0 Å². The second kappa shape index (κ2) is 5.81. The van der Waals surface area contributed by atoms with Crippen molar-refractivity contribution < 1.29 is 4.79 Å². The molecule has 3 heterocycles. The number of nitrogens with zero attached hydrogens (tertiary/aromatic N) is 4. The van der Waals surface area contributed by atoms with Crippen LogP contribution in [0.1, 0.15) is 34.5 Å². The van der Waals surface area contributed by atoms with E-state index in [2.05, 4.69) is 20.9 Å². The lowest BCUT2D eigenvalue weighted by molar-refractivity contribution is 0.0955. The highest BCUT2D eigenvalue weighted by molar-refractivity contribution is 9.10. The minimum Gasteiger partial charge on any atom is -0.294 e. The Kier molecular flexibility index (Phi) is 3.72. The van der Waals surface area contributed by atoms with Crippen molar-refractivity contribution in [2.45, 2.75) is 27.2 Å². The van der Waals surface area contributed by atoms with Crippen LogP contribution in [0.5, 0.6) is 0 Å². The summed E-state index contributed by atoms with van der Waals surface area (Å²) in [5.41, 5.74) is 4.85. The number of carbonyl (C=O) groups is 1. The van der Waals surface area contributed by atoms with E-state index in [-0.39, 0.29) is 5.91 Å². The Hall–Kier alpha value is -2.47. The van der Waals surface area contributed by atoms with Crippen LogP contribution in [0.3, 0.4) is 0 Å². The molecule has 0 aliphatic rings. The van der Waals surface area contributed by atoms with Crippen molar-refractivity contribution in [1.29, 1.82) is 0 Å². The third-order valence-corrected chi connectivity index (χ3v) is 4.85. The van der Waals surface area contributed by atoms with Gasteiger partial charge in [0.2, 0.25) is 0 Å². The second-order valence-corrected chi connectivity index (χ2v) is 7.00. The SMILES string of the molecule is CCc1nc2c(C)cc(Br)cn2c1C(=O)n1c(C)nc2ccccc21. The predicted octanol–water partition coefficient (Wildman–Crippen LogP) is 4.31. The van der Waals surface area contributed by atoms with Gasteiger partial charge in [-0.3, -0.25) is 13.8 Å². The lowest BCUT2D eigenvalue weighted by atomic mass is 10.2. The summed E-state index contributed by atoms with van der Waals surface area (Å²) in [6.45, 7) is 5.87. The van der Waals surface area contributed by atoms with Crippen molar-refractivity contribution in [3.63, 3.8) is 0 Å². The summed E-state index contributed by atoms with van der Waals surface area (Å²) < 4.78 is 4.47. The van der Waals surface area contributed by atoms with Crippen LogP contribution in [0.2, 0.25) is 0 Å². The van der Waals surface area contributed by atoms with Gasteiger partial charge in [0.05, 0.1) is 16.7 Å². The summed E-state index contributed by atoms with van der Waals surface area (Å²) >= 11 is 3.52. The summed E-state index contributed by atoms with van der Waals surface area (Å²) in [6.07, 6.45) is 2.58. The Morgan fingerprint density at radius 1 is 1.20 bits per heavy atom. The number of halogens is 1. The molecule has 126 valence electrons.